The van der Waals surface area contributed by atoms with Gasteiger partial charge in [0.15, 0.2) is 0 Å². The summed E-state index contributed by atoms with van der Waals surface area (Å²) in [4.78, 5) is 0. The molecule has 1 fully saturated rings. The molecule has 0 spiro atoms. The van der Waals surface area contributed by atoms with Gasteiger partial charge in [0, 0.05) is 7.11 Å². The first-order chi connectivity index (χ1) is 10.8. The van der Waals surface area contributed by atoms with Gasteiger partial charge in [-0.15, -0.1) is 0 Å². The molecule has 134 valence electrons. The predicted molar refractivity (Wildman–Crippen MR) is 104 cm³/mol. The average Bonchev–Trinajstić information content (AvgIpc) is 2.62. The average molecular weight is 362 g/mol. The van der Waals surface area contributed by atoms with Crippen molar-refractivity contribution < 1.29 is 5.11 Å². The van der Waals surface area contributed by atoms with Gasteiger partial charge >= 0.3 is 0 Å². The maximum absolute atomic E-state index is 7.00. The maximum atomic E-state index is 7.00. The maximum Gasteiger partial charge on any atom is 0.0595 e. The molecule has 0 amide bonds. The molecule has 0 aliphatic heterocycles. The zero-order valence-electron chi connectivity index (χ0n) is 15.4. The van der Waals surface area contributed by atoms with Crippen molar-refractivity contribution in [2.24, 2.45) is 11.3 Å². The highest BCUT2D eigenvalue weighted by atomic mass is 35.5. The van der Waals surface area contributed by atoms with E-state index in [1.165, 1.54) is 31.2 Å². The Balaban J connectivity index is 0.000000868. The Morgan fingerprint density at radius 1 is 1.04 bits per heavy atom. The zero-order chi connectivity index (χ0) is 18.0. The molecule has 1 aromatic carbocycles. The van der Waals surface area contributed by atoms with Gasteiger partial charge in [-0.3, -0.25) is 0 Å². The van der Waals surface area contributed by atoms with Crippen LogP contribution < -0.4 is 5.32 Å². The summed E-state index contributed by atoms with van der Waals surface area (Å²) in [6.45, 7) is 7.15. The number of benzene rings is 1. The molecular weight excluding hydrogens is 329 g/mol. The van der Waals surface area contributed by atoms with Crippen LogP contribution in [0.4, 0.5) is 0 Å². The van der Waals surface area contributed by atoms with Crippen molar-refractivity contribution in [1.82, 2.24) is 5.32 Å². The van der Waals surface area contributed by atoms with Gasteiger partial charge in [-0.1, -0.05) is 56.5 Å². The zero-order valence-corrected chi connectivity index (χ0v) is 16.9. The molecule has 2 N–H and O–H groups in total. The van der Waals surface area contributed by atoms with Crippen LogP contribution in [0, 0.1) is 11.3 Å². The first-order valence-corrected chi connectivity index (χ1v) is 9.03. The van der Waals surface area contributed by atoms with Crippen molar-refractivity contribution in [1.29, 1.82) is 0 Å². The van der Waals surface area contributed by atoms with Crippen LogP contribution in [0.3, 0.4) is 0 Å². The molecule has 1 aromatic rings. The summed E-state index contributed by atoms with van der Waals surface area (Å²) in [7, 11) is 4.75. The van der Waals surface area contributed by atoms with Gasteiger partial charge < -0.3 is 10.4 Å². The van der Waals surface area contributed by atoms with Crippen LogP contribution in [-0.4, -0.2) is 26.3 Å². The minimum Gasteiger partial charge on any atom is -0.400 e. The normalized spacial score (nSPS) is 22.8. The molecule has 1 aliphatic carbocycles. The lowest BCUT2D eigenvalue weighted by Gasteiger charge is -2.28. The number of aliphatic hydroxyl groups is 1. The minimum absolute atomic E-state index is 0.423. The molecule has 23 heavy (non-hydrogen) atoms. The van der Waals surface area contributed by atoms with Gasteiger partial charge in [0.05, 0.1) is 10.0 Å². The summed E-state index contributed by atoms with van der Waals surface area (Å²) in [6, 6.07) is 6.13. The number of halogens is 2. The molecule has 2 rings (SSSR count). The number of aliphatic hydroxyl groups excluding tert-OH is 1. The smallest absolute Gasteiger partial charge is 0.0595 e. The molecular formula is C19H33Cl2NO. The molecule has 1 saturated carbocycles. The van der Waals surface area contributed by atoms with Crippen molar-refractivity contribution >= 4 is 23.2 Å². The summed E-state index contributed by atoms with van der Waals surface area (Å²) in [5.41, 5.74) is 1.78. The molecule has 4 heteroatoms. The number of nitrogens with one attached hydrogen (secondary N) is 1. The van der Waals surface area contributed by atoms with Crippen LogP contribution in [-0.2, 0) is 0 Å². The van der Waals surface area contributed by atoms with E-state index in [0.717, 1.165) is 13.0 Å². The number of rotatable bonds is 1. The van der Waals surface area contributed by atoms with Gasteiger partial charge in [0.1, 0.15) is 0 Å². The monoisotopic (exact) mass is 361 g/mol. The Kier molecular flexibility index (Phi) is 11.2. The van der Waals surface area contributed by atoms with Crippen LogP contribution >= 0.6 is 23.2 Å². The first kappa shape index (κ1) is 22.7. The fourth-order valence-electron chi connectivity index (χ4n) is 3.43. The summed E-state index contributed by atoms with van der Waals surface area (Å²) in [6.07, 6.45) is 5.15. The van der Waals surface area contributed by atoms with Crippen molar-refractivity contribution in [2.75, 3.05) is 21.2 Å². The first-order valence-electron chi connectivity index (χ1n) is 8.27. The van der Waals surface area contributed by atoms with Crippen LogP contribution in [0.2, 0.25) is 10.0 Å². The Morgan fingerprint density at radius 2 is 1.61 bits per heavy atom. The van der Waals surface area contributed by atoms with Gasteiger partial charge in [-0.25, -0.2) is 0 Å². The third kappa shape index (κ3) is 8.39. The molecule has 0 bridgehead atoms. The van der Waals surface area contributed by atoms with E-state index in [0.29, 0.717) is 21.4 Å². The van der Waals surface area contributed by atoms with Crippen molar-refractivity contribution in [3.05, 3.63) is 33.8 Å². The van der Waals surface area contributed by atoms with Crippen LogP contribution in [0.15, 0.2) is 18.2 Å². The van der Waals surface area contributed by atoms with E-state index < -0.39 is 0 Å². The Bertz CT molecular complexity index is 449. The van der Waals surface area contributed by atoms with Crippen LogP contribution in [0.1, 0.15) is 57.9 Å². The fraction of sp³-hybridized carbons (Fsp3) is 0.684. The van der Waals surface area contributed by atoms with E-state index in [4.69, 9.17) is 28.3 Å². The van der Waals surface area contributed by atoms with E-state index in [1.807, 2.05) is 20.2 Å². The Hall–Kier alpha value is -0.280. The topological polar surface area (TPSA) is 32.3 Å². The van der Waals surface area contributed by atoms with Crippen LogP contribution in [0.5, 0.6) is 0 Å². The van der Waals surface area contributed by atoms with E-state index in [9.17, 15) is 0 Å². The second-order valence-electron chi connectivity index (χ2n) is 7.13. The second kappa shape index (κ2) is 11.3. The summed E-state index contributed by atoms with van der Waals surface area (Å²) in [5.74, 6) is 1.45. The lowest BCUT2D eigenvalue weighted by molar-refractivity contribution is 0.268. The van der Waals surface area contributed by atoms with E-state index in [1.54, 1.807) is 0 Å². The molecule has 0 heterocycles. The predicted octanol–water partition coefficient (Wildman–Crippen LogP) is 5.76. The summed E-state index contributed by atoms with van der Waals surface area (Å²) < 4.78 is 0. The summed E-state index contributed by atoms with van der Waals surface area (Å²) in [5, 5.41) is 11.1. The van der Waals surface area contributed by atoms with Gasteiger partial charge in [0.2, 0.25) is 0 Å². The number of hydrogen-bond donors (Lipinski definition) is 2. The van der Waals surface area contributed by atoms with Gasteiger partial charge in [-0.05, 0) is 68.3 Å². The molecule has 0 saturated heterocycles. The minimum atomic E-state index is 0.423. The van der Waals surface area contributed by atoms with Gasteiger partial charge in [0.25, 0.3) is 0 Å². The van der Waals surface area contributed by atoms with Crippen molar-refractivity contribution in [3.63, 3.8) is 0 Å². The SMILES string of the molecule is CC1CC[C@@H](c2ccc(Cl)c(Cl)c2)CC(C)(C)C1.CNC.CO. The lowest BCUT2D eigenvalue weighted by Crippen LogP contribution is -2.15. The van der Waals surface area contributed by atoms with E-state index >= 15 is 0 Å². The molecule has 0 radical (unpaired) electrons. The van der Waals surface area contributed by atoms with Crippen molar-refractivity contribution in [2.45, 2.75) is 52.4 Å². The summed E-state index contributed by atoms with van der Waals surface area (Å²) >= 11 is 12.1. The number of hydrogen-bond acceptors (Lipinski definition) is 2. The highest BCUT2D eigenvalue weighted by Crippen LogP contribution is 2.44. The second-order valence-corrected chi connectivity index (χ2v) is 7.94. The highest BCUT2D eigenvalue weighted by Gasteiger charge is 2.30. The molecule has 2 atom stereocenters. The molecule has 2 nitrogen and oxygen atoms in total. The van der Waals surface area contributed by atoms with E-state index in [-0.39, 0.29) is 0 Å². The highest BCUT2D eigenvalue weighted by molar-refractivity contribution is 6.42. The van der Waals surface area contributed by atoms with Crippen LogP contribution in [0.25, 0.3) is 0 Å². The molecule has 1 unspecified atom stereocenters. The third-order valence-corrected chi connectivity index (χ3v) is 4.86. The molecule has 1 aliphatic rings. The third-order valence-electron chi connectivity index (χ3n) is 4.12. The van der Waals surface area contributed by atoms with Crippen molar-refractivity contribution in [3.8, 4) is 0 Å². The Labute approximate surface area is 152 Å². The van der Waals surface area contributed by atoms with E-state index in [2.05, 4.69) is 38.2 Å². The lowest BCUT2D eigenvalue weighted by atomic mass is 9.78. The standard InChI is InChI=1S/C16H22Cl2.C2H7N.CH4O/c1-11-4-5-13(10-16(2,3)9-11)12-6-7-14(17)15(18)8-12;1-3-2;1-2/h6-8,11,13H,4-5,9-10H2,1-3H3;3H,1-2H3;2H,1H3/t11?,13-;;/m1../s1. The largest absolute Gasteiger partial charge is 0.400 e. The quantitative estimate of drug-likeness (QED) is 0.623. The Morgan fingerprint density at radius 3 is 2.13 bits per heavy atom. The molecule has 0 aromatic heterocycles. The fourth-order valence-corrected chi connectivity index (χ4v) is 3.74. The van der Waals surface area contributed by atoms with Gasteiger partial charge in [-0.2, -0.15) is 0 Å².